The highest BCUT2D eigenvalue weighted by atomic mass is 79.9. The molecule has 0 aromatic heterocycles. The monoisotopic (exact) mass is 311 g/mol. The van der Waals surface area contributed by atoms with Crippen LogP contribution < -0.4 is 0 Å². The van der Waals surface area contributed by atoms with Crippen LogP contribution in [0.1, 0.15) is 6.42 Å². The average molecular weight is 313 g/mol. The summed E-state index contributed by atoms with van der Waals surface area (Å²) in [5, 5.41) is 8.70. The number of amides is 1. The number of piperidine rings is 1. The fraction of sp³-hybridized carbons (Fsp3) is 0.875. The Hall–Kier alpha value is 0.390. The number of alkyl halides is 2. The highest BCUT2D eigenvalue weighted by Gasteiger charge is 2.63. The summed E-state index contributed by atoms with van der Waals surface area (Å²) >= 11 is 7.19. The van der Waals surface area contributed by atoms with Crippen molar-refractivity contribution in [1.82, 2.24) is 4.90 Å². The Bertz CT molecular complexity index is 244. The summed E-state index contributed by atoms with van der Waals surface area (Å²) in [6.45, 7) is 1.18. The predicted molar refractivity (Wildman–Crippen MR) is 55.8 cm³/mol. The van der Waals surface area contributed by atoms with E-state index in [1.165, 1.54) is 0 Å². The van der Waals surface area contributed by atoms with Crippen LogP contribution in [0.4, 0.5) is 0 Å². The summed E-state index contributed by atoms with van der Waals surface area (Å²) in [5.74, 6) is 1.01. The summed E-state index contributed by atoms with van der Waals surface area (Å²) in [5.41, 5.74) is 0. The number of aliphatic hydroxyl groups excluding tert-OH is 1. The zero-order valence-electron chi connectivity index (χ0n) is 7.04. The molecule has 0 aromatic carbocycles. The molecule has 1 amide bonds. The van der Waals surface area contributed by atoms with E-state index in [1.807, 2.05) is 0 Å². The van der Waals surface area contributed by atoms with Crippen molar-refractivity contribution in [2.45, 2.75) is 9.65 Å². The normalized spacial score (nSPS) is 35.5. The number of hydrogen-bond acceptors (Lipinski definition) is 2. The minimum atomic E-state index is -0.366. The van der Waals surface area contributed by atoms with E-state index in [1.54, 1.807) is 4.90 Å². The molecule has 2 rings (SSSR count). The van der Waals surface area contributed by atoms with Gasteiger partial charge >= 0.3 is 0 Å². The number of carbonyl (C=O) groups excluding carboxylic acids is 1. The fourth-order valence-corrected chi connectivity index (χ4v) is 3.81. The maximum Gasteiger partial charge on any atom is 0.248 e. The lowest BCUT2D eigenvalue weighted by atomic mass is 10.1. The van der Waals surface area contributed by atoms with Gasteiger partial charge in [0.15, 0.2) is 0 Å². The predicted octanol–water partition coefficient (Wildman–Crippen LogP) is 0.943. The molecule has 0 bridgehead atoms. The number of carbonyl (C=O) groups is 1. The van der Waals surface area contributed by atoms with Crippen LogP contribution in [0.3, 0.4) is 0 Å². The first-order chi connectivity index (χ1) is 6.07. The third-order valence-corrected chi connectivity index (χ3v) is 5.33. The molecule has 1 saturated heterocycles. The van der Waals surface area contributed by atoms with Crippen LogP contribution in [0.2, 0.25) is 0 Å². The van der Waals surface area contributed by atoms with Gasteiger partial charge in [0.05, 0.1) is 3.23 Å². The van der Waals surface area contributed by atoms with Gasteiger partial charge in [0.25, 0.3) is 0 Å². The van der Waals surface area contributed by atoms with Crippen molar-refractivity contribution in [3.05, 3.63) is 0 Å². The standard InChI is InChI=1S/C8H11Br2NO2/c9-8(10)5-1-2-11(3-6(5)8)7(13)4-12/h5-6,12H,1-4H2/t5-,6+/m0/s1. The minimum Gasteiger partial charge on any atom is -0.387 e. The van der Waals surface area contributed by atoms with Gasteiger partial charge in [-0.25, -0.2) is 0 Å². The van der Waals surface area contributed by atoms with Gasteiger partial charge in [0.2, 0.25) is 5.91 Å². The van der Waals surface area contributed by atoms with Crippen LogP contribution in [-0.4, -0.2) is 38.8 Å². The van der Waals surface area contributed by atoms with Crippen LogP contribution in [0, 0.1) is 11.8 Å². The van der Waals surface area contributed by atoms with Gasteiger partial charge in [-0.15, -0.1) is 0 Å². The van der Waals surface area contributed by atoms with Gasteiger partial charge in [0.1, 0.15) is 6.61 Å². The van der Waals surface area contributed by atoms with Gasteiger partial charge < -0.3 is 10.0 Å². The summed E-state index contributed by atoms with van der Waals surface area (Å²) in [6.07, 6.45) is 1.02. The molecule has 1 aliphatic heterocycles. The number of hydrogen-bond donors (Lipinski definition) is 1. The second kappa shape index (κ2) is 3.21. The van der Waals surface area contributed by atoms with Crippen LogP contribution in [0.15, 0.2) is 0 Å². The van der Waals surface area contributed by atoms with Crippen molar-refractivity contribution in [1.29, 1.82) is 0 Å². The van der Waals surface area contributed by atoms with Crippen LogP contribution in [0.25, 0.3) is 0 Å². The molecule has 2 atom stereocenters. The second-order valence-corrected chi connectivity index (χ2v) is 7.36. The highest BCUT2D eigenvalue weighted by molar-refractivity contribution is 9.25. The van der Waals surface area contributed by atoms with E-state index >= 15 is 0 Å². The molecule has 5 heteroatoms. The number of aliphatic hydroxyl groups is 1. The molecule has 2 fully saturated rings. The third-order valence-electron chi connectivity index (χ3n) is 2.98. The van der Waals surface area contributed by atoms with E-state index < -0.39 is 0 Å². The lowest BCUT2D eigenvalue weighted by molar-refractivity contribution is -0.135. The van der Waals surface area contributed by atoms with Crippen molar-refractivity contribution in [2.24, 2.45) is 11.8 Å². The molecular formula is C8H11Br2NO2. The zero-order chi connectivity index (χ0) is 9.64. The Balaban J connectivity index is 1.97. The van der Waals surface area contributed by atoms with Crippen molar-refractivity contribution in [2.75, 3.05) is 19.7 Å². The average Bonchev–Trinajstić information content (AvgIpc) is 2.68. The molecule has 0 radical (unpaired) electrons. The molecule has 3 nitrogen and oxygen atoms in total. The van der Waals surface area contributed by atoms with E-state index in [4.69, 9.17) is 5.11 Å². The van der Waals surface area contributed by atoms with Gasteiger partial charge in [-0.3, -0.25) is 4.79 Å². The van der Waals surface area contributed by atoms with Crippen molar-refractivity contribution in [3.63, 3.8) is 0 Å². The number of fused-ring (bicyclic) bond motifs is 1. The van der Waals surface area contributed by atoms with Gasteiger partial charge in [-0.2, -0.15) is 0 Å². The molecule has 0 aromatic rings. The van der Waals surface area contributed by atoms with Gasteiger partial charge in [-0.1, -0.05) is 31.9 Å². The molecule has 0 unspecified atom stereocenters. The Morgan fingerprint density at radius 2 is 2.23 bits per heavy atom. The van der Waals surface area contributed by atoms with E-state index in [9.17, 15) is 4.79 Å². The first-order valence-electron chi connectivity index (χ1n) is 4.34. The molecular weight excluding hydrogens is 302 g/mol. The highest BCUT2D eigenvalue weighted by Crippen LogP contribution is 2.64. The van der Waals surface area contributed by atoms with E-state index in [2.05, 4.69) is 31.9 Å². The molecule has 0 spiro atoms. The van der Waals surface area contributed by atoms with E-state index in [-0.39, 0.29) is 15.7 Å². The zero-order valence-corrected chi connectivity index (χ0v) is 10.2. The molecule has 1 heterocycles. The summed E-state index contributed by atoms with van der Waals surface area (Å²) in [4.78, 5) is 12.9. The van der Waals surface area contributed by atoms with E-state index in [0.717, 1.165) is 19.5 Å². The Kier molecular flexibility index (Phi) is 2.45. The summed E-state index contributed by atoms with van der Waals surface area (Å²) in [6, 6.07) is 0. The molecule has 74 valence electrons. The summed E-state index contributed by atoms with van der Waals surface area (Å²) in [7, 11) is 0. The Morgan fingerprint density at radius 3 is 2.77 bits per heavy atom. The number of nitrogens with zero attached hydrogens (tertiary/aromatic N) is 1. The first-order valence-corrected chi connectivity index (χ1v) is 5.92. The molecule has 1 saturated carbocycles. The molecule has 2 aliphatic rings. The lowest BCUT2D eigenvalue weighted by Crippen LogP contribution is -2.38. The topological polar surface area (TPSA) is 40.5 Å². The van der Waals surface area contributed by atoms with E-state index in [0.29, 0.717) is 11.8 Å². The van der Waals surface area contributed by atoms with Crippen molar-refractivity contribution >= 4 is 37.8 Å². The van der Waals surface area contributed by atoms with Crippen LogP contribution >= 0.6 is 31.9 Å². The van der Waals surface area contributed by atoms with Crippen LogP contribution in [0.5, 0.6) is 0 Å². The van der Waals surface area contributed by atoms with Crippen LogP contribution in [-0.2, 0) is 4.79 Å². The number of rotatable bonds is 1. The van der Waals surface area contributed by atoms with Gasteiger partial charge in [-0.05, 0) is 12.3 Å². The Labute approximate surface area is 93.7 Å². The van der Waals surface area contributed by atoms with Gasteiger partial charge in [0, 0.05) is 19.0 Å². The molecule has 1 N–H and O–H groups in total. The maximum absolute atomic E-state index is 11.2. The molecule has 13 heavy (non-hydrogen) atoms. The Morgan fingerprint density at radius 1 is 1.54 bits per heavy atom. The summed E-state index contributed by atoms with van der Waals surface area (Å²) < 4.78 is 0.0600. The largest absolute Gasteiger partial charge is 0.387 e. The van der Waals surface area contributed by atoms with Crippen molar-refractivity contribution in [3.8, 4) is 0 Å². The minimum absolute atomic E-state index is 0.0600. The molecule has 1 aliphatic carbocycles. The number of halogens is 2. The number of likely N-dealkylation sites (tertiary alicyclic amines) is 1. The third kappa shape index (κ3) is 1.55. The fourth-order valence-electron chi connectivity index (χ4n) is 2.05. The van der Waals surface area contributed by atoms with Crippen molar-refractivity contribution < 1.29 is 9.90 Å². The smallest absolute Gasteiger partial charge is 0.248 e. The maximum atomic E-state index is 11.2. The quantitative estimate of drug-likeness (QED) is 0.732. The SMILES string of the molecule is O=C(CO)N1CC[C@H]2[C@@H](C1)C2(Br)Br. The second-order valence-electron chi connectivity index (χ2n) is 3.67. The first kappa shape index (κ1) is 9.93. The lowest BCUT2D eigenvalue weighted by Gasteiger charge is -2.24.